The average molecular weight is 389 g/mol. The van der Waals surface area contributed by atoms with Crippen LogP contribution in [-0.2, 0) is 14.3 Å². The molecule has 8 heteroatoms. The first-order valence-corrected chi connectivity index (χ1v) is 8.92. The van der Waals surface area contributed by atoms with E-state index < -0.39 is 23.2 Å². The summed E-state index contributed by atoms with van der Waals surface area (Å²) in [5, 5.41) is -0.525. The highest BCUT2D eigenvalue weighted by Crippen LogP contribution is 2.35. The zero-order valence-corrected chi connectivity index (χ0v) is 16.0. The average Bonchev–Trinajstić information content (AvgIpc) is 2.93. The van der Waals surface area contributed by atoms with Crippen molar-refractivity contribution in [2.45, 2.75) is 19.9 Å². The van der Waals surface area contributed by atoms with Crippen LogP contribution >= 0.6 is 11.8 Å². The molecular weight excluding hydrogens is 370 g/mol. The maximum absolute atomic E-state index is 12.5. The van der Waals surface area contributed by atoms with Gasteiger partial charge in [0.25, 0.3) is 11.1 Å². The monoisotopic (exact) mass is 389 g/mol. The van der Waals surface area contributed by atoms with Gasteiger partial charge in [-0.1, -0.05) is 12.0 Å². The van der Waals surface area contributed by atoms with E-state index in [1.54, 1.807) is 24.3 Å². The number of imide groups is 1. The number of rotatable bonds is 7. The number of thioether (sulfide) groups is 1. The lowest BCUT2D eigenvalue weighted by atomic mass is 10.1. The smallest absolute Gasteiger partial charge is 0.328 e. The predicted octanol–water partition coefficient (Wildman–Crippen LogP) is 2.70. The standard InChI is InChI=1S/C19H19NO6S/c1-5-9-26-14-8-7-13(10-15(14)25-6-2)11-16-17(21)20(19(23)27-16)12(3)18(22)24-4/h1,7-8,10-12H,6,9H2,2-4H3/b16-11-. The molecule has 27 heavy (non-hydrogen) atoms. The van der Waals surface area contributed by atoms with Gasteiger partial charge in [0.1, 0.15) is 12.6 Å². The summed E-state index contributed by atoms with van der Waals surface area (Å²) in [7, 11) is 1.20. The Labute approximate surface area is 161 Å². The summed E-state index contributed by atoms with van der Waals surface area (Å²) in [5.41, 5.74) is 0.641. The van der Waals surface area contributed by atoms with Crippen LogP contribution in [0.2, 0.25) is 0 Å². The number of carbonyl (C=O) groups excluding carboxylic acids is 3. The van der Waals surface area contributed by atoms with Crippen LogP contribution in [0.4, 0.5) is 4.79 Å². The van der Waals surface area contributed by atoms with E-state index in [-0.39, 0.29) is 11.5 Å². The van der Waals surface area contributed by atoms with E-state index in [1.165, 1.54) is 14.0 Å². The molecule has 0 aromatic heterocycles. The molecule has 1 heterocycles. The first-order chi connectivity index (χ1) is 12.9. The van der Waals surface area contributed by atoms with E-state index in [0.717, 1.165) is 16.7 Å². The Morgan fingerprint density at radius 2 is 2.07 bits per heavy atom. The highest BCUT2D eigenvalue weighted by atomic mass is 32.2. The molecule has 2 amide bonds. The second-order valence-electron chi connectivity index (χ2n) is 5.38. The number of nitrogens with zero attached hydrogens (tertiary/aromatic N) is 1. The Morgan fingerprint density at radius 3 is 2.70 bits per heavy atom. The summed E-state index contributed by atoms with van der Waals surface area (Å²) in [6.07, 6.45) is 6.76. The van der Waals surface area contributed by atoms with Gasteiger partial charge in [0.15, 0.2) is 11.5 Å². The van der Waals surface area contributed by atoms with Gasteiger partial charge in [-0.25, -0.2) is 4.79 Å². The fourth-order valence-electron chi connectivity index (χ4n) is 2.36. The summed E-state index contributed by atoms with van der Waals surface area (Å²) < 4.78 is 15.6. The van der Waals surface area contributed by atoms with Gasteiger partial charge in [-0.2, -0.15) is 0 Å². The number of amides is 2. The van der Waals surface area contributed by atoms with Gasteiger partial charge in [0.05, 0.1) is 18.6 Å². The van der Waals surface area contributed by atoms with Crippen molar-refractivity contribution in [1.29, 1.82) is 0 Å². The molecule has 2 rings (SSSR count). The van der Waals surface area contributed by atoms with Crippen LogP contribution in [0.15, 0.2) is 23.1 Å². The maximum atomic E-state index is 12.5. The summed E-state index contributed by atoms with van der Waals surface area (Å²) >= 11 is 0.762. The third kappa shape index (κ3) is 4.63. The van der Waals surface area contributed by atoms with Crippen molar-refractivity contribution in [1.82, 2.24) is 4.90 Å². The van der Waals surface area contributed by atoms with Crippen LogP contribution in [0.1, 0.15) is 19.4 Å². The number of terminal acetylenes is 1. The fourth-order valence-corrected chi connectivity index (χ4v) is 3.27. The zero-order valence-electron chi connectivity index (χ0n) is 15.2. The molecular formula is C19H19NO6S. The van der Waals surface area contributed by atoms with Crippen LogP contribution in [0.3, 0.4) is 0 Å². The van der Waals surface area contributed by atoms with E-state index in [2.05, 4.69) is 10.7 Å². The molecule has 1 aliphatic heterocycles. The van der Waals surface area contributed by atoms with E-state index in [0.29, 0.717) is 23.7 Å². The number of benzene rings is 1. The van der Waals surface area contributed by atoms with Crippen molar-refractivity contribution in [3.8, 4) is 23.8 Å². The number of carbonyl (C=O) groups is 3. The van der Waals surface area contributed by atoms with E-state index >= 15 is 0 Å². The summed E-state index contributed by atoms with van der Waals surface area (Å²) in [4.78, 5) is 37.4. The number of hydrogen-bond acceptors (Lipinski definition) is 7. The number of esters is 1. The molecule has 1 unspecified atom stereocenters. The largest absolute Gasteiger partial charge is 0.490 e. The molecule has 1 aliphatic rings. The first-order valence-electron chi connectivity index (χ1n) is 8.10. The summed E-state index contributed by atoms with van der Waals surface area (Å²) in [6.45, 7) is 3.79. The zero-order chi connectivity index (χ0) is 20.0. The number of hydrogen-bond donors (Lipinski definition) is 0. The Kier molecular flexibility index (Phi) is 6.91. The minimum absolute atomic E-state index is 0.101. The van der Waals surface area contributed by atoms with Gasteiger partial charge in [0.2, 0.25) is 0 Å². The lowest BCUT2D eigenvalue weighted by Crippen LogP contribution is -2.42. The van der Waals surface area contributed by atoms with E-state index in [4.69, 9.17) is 15.9 Å². The normalized spacial score (nSPS) is 16.2. The Bertz CT molecular complexity index is 826. The van der Waals surface area contributed by atoms with Gasteiger partial charge in [-0.15, -0.1) is 6.42 Å². The molecule has 0 bridgehead atoms. The third-order valence-electron chi connectivity index (χ3n) is 3.63. The molecule has 0 saturated carbocycles. The van der Waals surface area contributed by atoms with Gasteiger partial charge in [-0.3, -0.25) is 14.5 Å². The molecule has 0 radical (unpaired) electrons. The lowest BCUT2D eigenvalue weighted by Gasteiger charge is -2.18. The van der Waals surface area contributed by atoms with Crippen LogP contribution in [-0.4, -0.2) is 48.4 Å². The Morgan fingerprint density at radius 1 is 1.33 bits per heavy atom. The Balaban J connectivity index is 2.29. The minimum atomic E-state index is -0.994. The van der Waals surface area contributed by atoms with Crippen molar-refractivity contribution in [2.24, 2.45) is 0 Å². The van der Waals surface area contributed by atoms with E-state index in [1.807, 2.05) is 6.92 Å². The minimum Gasteiger partial charge on any atom is -0.490 e. The molecule has 0 spiro atoms. The summed E-state index contributed by atoms with van der Waals surface area (Å²) in [5.74, 6) is 2.13. The SMILES string of the molecule is C#CCOc1ccc(/C=C2\SC(=O)N(C(C)C(=O)OC)C2=O)cc1OCC. The third-order valence-corrected chi connectivity index (χ3v) is 4.51. The molecule has 7 nitrogen and oxygen atoms in total. The van der Waals surface area contributed by atoms with E-state index in [9.17, 15) is 14.4 Å². The van der Waals surface area contributed by atoms with Crippen molar-refractivity contribution < 1.29 is 28.6 Å². The molecule has 0 N–H and O–H groups in total. The van der Waals surface area contributed by atoms with Crippen molar-refractivity contribution in [2.75, 3.05) is 20.3 Å². The number of ether oxygens (including phenoxy) is 3. The Hall–Kier alpha value is -2.92. The molecule has 0 aliphatic carbocycles. The highest BCUT2D eigenvalue weighted by molar-refractivity contribution is 8.18. The van der Waals surface area contributed by atoms with Crippen molar-refractivity contribution in [3.63, 3.8) is 0 Å². The quantitative estimate of drug-likeness (QED) is 0.403. The van der Waals surface area contributed by atoms with Gasteiger partial charge in [-0.05, 0) is 49.4 Å². The van der Waals surface area contributed by atoms with Crippen LogP contribution in [0.25, 0.3) is 6.08 Å². The topological polar surface area (TPSA) is 82.1 Å². The van der Waals surface area contributed by atoms with Crippen molar-refractivity contribution in [3.05, 3.63) is 28.7 Å². The van der Waals surface area contributed by atoms with Crippen LogP contribution < -0.4 is 9.47 Å². The lowest BCUT2D eigenvalue weighted by molar-refractivity contribution is -0.148. The van der Waals surface area contributed by atoms with Gasteiger partial charge < -0.3 is 14.2 Å². The van der Waals surface area contributed by atoms with Crippen LogP contribution in [0, 0.1) is 12.3 Å². The summed E-state index contributed by atoms with van der Waals surface area (Å²) in [6, 6.07) is 4.08. The molecule has 1 aromatic carbocycles. The van der Waals surface area contributed by atoms with Crippen LogP contribution in [0.5, 0.6) is 11.5 Å². The predicted molar refractivity (Wildman–Crippen MR) is 101 cm³/mol. The van der Waals surface area contributed by atoms with Crippen molar-refractivity contribution >= 4 is 35.0 Å². The second-order valence-corrected chi connectivity index (χ2v) is 6.38. The molecule has 1 fully saturated rings. The molecule has 1 atom stereocenters. The van der Waals surface area contributed by atoms with Gasteiger partial charge >= 0.3 is 5.97 Å². The second kappa shape index (κ2) is 9.14. The van der Waals surface area contributed by atoms with Gasteiger partial charge in [0, 0.05) is 0 Å². The maximum Gasteiger partial charge on any atom is 0.328 e. The molecule has 1 saturated heterocycles. The fraction of sp³-hybridized carbons (Fsp3) is 0.316. The molecule has 142 valence electrons. The highest BCUT2D eigenvalue weighted by Gasteiger charge is 2.41. The molecule has 1 aromatic rings. The number of methoxy groups -OCH3 is 1. The first kappa shape index (κ1) is 20.4.